The SMILES string of the molecule is CC/C=C\C(C)=C\CO. The van der Waals surface area contributed by atoms with E-state index in [1.165, 1.54) is 0 Å². The first kappa shape index (κ1) is 8.44. The minimum absolute atomic E-state index is 0.139. The molecule has 0 heterocycles. The maximum atomic E-state index is 8.43. The lowest BCUT2D eigenvalue weighted by molar-refractivity contribution is 0.342. The summed E-state index contributed by atoms with van der Waals surface area (Å²) in [6.07, 6.45) is 6.92. The van der Waals surface area contributed by atoms with E-state index in [-0.39, 0.29) is 6.61 Å². The van der Waals surface area contributed by atoms with Crippen LogP contribution in [0.1, 0.15) is 20.3 Å². The van der Waals surface area contributed by atoms with Crippen molar-refractivity contribution in [2.75, 3.05) is 6.61 Å². The molecule has 0 atom stereocenters. The molecule has 1 nitrogen and oxygen atoms in total. The first-order valence-corrected chi connectivity index (χ1v) is 3.25. The lowest BCUT2D eigenvalue weighted by atomic mass is 10.2. The average molecular weight is 126 g/mol. The first-order valence-electron chi connectivity index (χ1n) is 3.25. The Hall–Kier alpha value is -0.560. The largest absolute Gasteiger partial charge is 0.392 e. The minimum atomic E-state index is 0.139. The Morgan fingerprint density at radius 2 is 2.22 bits per heavy atom. The number of allylic oxidation sites excluding steroid dienone is 3. The van der Waals surface area contributed by atoms with Gasteiger partial charge in [0.15, 0.2) is 0 Å². The van der Waals surface area contributed by atoms with Crippen molar-refractivity contribution < 1.29 is 5.11 Å². The molecule has 0 saturated heterocycles. The van der Waals surface area contributed by atoms with Crippen LogP contribution in [0, 0.1) is 0 Å². The fourth-order valence-electron chi connectivity index (χ4n) is 0.516. The second-order valence-corrected chi connectivity index (χ2v) is 1.94. The zero-order valence-electron chi connectivity index (χ0n) is 6.09. The summed E-state index contributed by atoms with van der Waals surface area (Å²) in [6.45, 7) is 4.20. The Labute approximate surface area is 56.7 Å². The van der Waals surface area contributed by atoms with Crippen molar-refractivity contribution in [3.63, 3.8) is 0 Å². The van der Waals surface area contributed by atoms with Crippen molar-refractivity contribution in [1.82, 2.24) is 0 Å². The normalized spacial score (nSPS) is 13.0. The van der Waals surface area contributed by atoms with E-state index >= 15 is 0 Å². The van der Waals surface area contributed by atoms with Crippen LogP contribution in [0.3, 0.4) is 0 Å². The summed E-state index contributed by atoms with van der Waals surface area (Å²) in [4.78, 5) is 0. The maximum absolute atomic E-state index is 8.43. The number of hydrogen-bond acceptors (Lipinski definition) is 1. The van der Waals surface area contributed by atoms with Gasteiger partial charge in [-0.3, -0.25) is 0 Å². The highest BCUT2D eigenvalue weighted by atomic mass is 16.2. The van der Waals surface area contributed by atoms with E-state index in [0.29, 0.717) is 0 Å². The van der Waals surface area contributed by atoms with Crippen LogP contribution in [0.15, 0.2) is 23.8 Å². The maximum Gasteiger partial charge on any atom is 0.0617 e. The van der Waals surface area contributed by atoms with Gasteiger partial charge >= 0.3 is 0 Å². The second-order valence-electron chi connectivity index (χ2n) is 1.94. The molecule has 0 aromatic heterocycles. The number of aliphatic hydroxyl groups is 1. The lowest BCUT2D eigenvalue weighted by Crippen LogP contribution is -1.74. The van der Waals surface area contributed by atoms with Crippen LogP contribution in [0.2, 0.25) is 0 Å². The van der Waals surface area contributed by atoms with Crippen molar-refractivity contribution in [3.05, 3.63) is 23.8 Å². The van der Waals surface area contributed by atoms with Gasteiger partial charge in [0.05, 0.1) is 6.61 Å². The molecule has 0 bridgehead atoms. The Morgan fingerprint density at radius 3 is 2.67 bits per heavy atom. The molecule has 0 saturated carbocycles. The monoisotopic (exact) mass is 126 g/mol. The van der Waals surface area contributed by atoms with Crippen LogP contribution in [0.25, 0.3) is 0 Å². The Bertz CT molecular complexity index is 112. The van der Waals surface area contributed by atoms with Gasteiger partial charge in [0.1, 0.15) is 0 Å². The van der Waals surface area contributed by atoms with E-state index in [9.17, 15) is 0 Å². The summed E-state index contributed by atoms with van der Waals surface area (Å²) in [5, 5.41) is 8.43. The summed E-state index contributed by atoms with van der Waals surface area (Å²) in [5.74, 6) is 0. The predicted octanol–water partition coefficient (Wildman–Crippen LogP) is 1.89. The van der Waals surface area contributed by atoms with Crippen molar-refractivity contribution in [2.45, 2.75) is 20.3 Å². The first-order chi connectivity index (χ1) is 4.31. The zero-order chi connectivity index (χ0) is 7.11. The number of aliphatic hydroxyl groups excluding tert-OH is 1. The molecule has 0 aromatic rings. The average Bonchev–Trinajstić information content (AvgIpc) is 1.85. The van der Waals surface area contributed by atoms with Crippen LogP contribution >= 0.6 is 0 Å². The van der Waals surface area contributed by atoms with Gasteiger partial charge in [-0.1, -0.05) is 30.7 Å². The van der Waals surface area contributed by atoms with E-state index in [4.69, 9.17) is 5.11 Å². The van der Waals surface area contributed by atoms with E-state index in [2.05, 4.69) is 13.0 Å². The van der Waals surface area contributed by atoms with Crippen molar-refractivity contribution in [2.24, 2.45) is 0 Å². The van der Waals surface area contributed by atoms with Crippen LogP contribution in [0.4, 0.5) is 0 Å². The van der Waals surface area contributed by atoms with Gasteiger partial charge in [-0.05, 0) is 13.3 Å². The van der Waals surface area contributed by atoms with Gasteiger partial charge in [0.2, 0.25) is 0 Å². The fraction of sp³-hybridized carbons (Fsp3) is 0.500. The molecular formula is C8H14O. The van der Waals surface area contributed by atoms with Gasteiger partial charge in [-0.2, -0.15) is 0 Å². The Morgan fingerprint density at radius 1 is 1.56 bits per heavy atom. The van der Waals surface area contributed by atoms with Crippen molar-refractivity contribution in [1.29, 1.82) is 0 Å². The van der Waals surface area contributed by atoms with Crippen LogP contribution in [0.5, 0.6) is 0 Å². The minimum Gasteiger partial charge on any atom is -0.392 e. The third-order valence-corrected chi connectivity index (χ3v) is 1.03. The molecule has 0 aliphatic heterocycles. The van der Waals surface area contributed by atoms with E-state index in [0.717, 1.165) is 12.0 Å². The number of hydrogen-bond donors (Lipinski definition) is 1. The molecule has 0 radical (unpaired) electrons. The Balaban J connectivity index is 3.60. The molecular weight excluding hydrogens is 112 g/mol. The number of rotatable bonds is 3. The topological polar surface area (TPSA) is 20.2 Å². The van der Waals surface area contributed by atoms with Gasteiger partial charge in [0, 0.05) is 0 Å². The van der Waals surface area contributed by atoms with E-state index in [1.807, 2.05) is 13.0 Å². The summed E-state index contributed by atoms with van der Waals surface area (Å²) < 4.78 is 0. The molecule has 0 amide bonds. The van der Waals surface area contributed by atoms with Gasteiger partial charge in [-0.25, -0.2) is 0 Å². The van der Waals surface area contributed by atoms with E-state index in [1.54, 1.807) is 6.08 Å². The van der Waals surface area contributed by atoms with Crippen molar-refractivity contribution >= 4 is 0 Å². The molecule has 0 fully saturated rings. The second kappa shape index (κ2) is 5.57. The molecule has 1 heteroatoms. The lowest BCUT2D eigenvalue weighted by Gasteiger charge is -1.86. The van der Waals surface area contributed by atoms with Crippen molar-refractivity contribution in [3.8, 4) is 0 Å². The smallest absolute Gasteiger partial charge is 0.0617 e. The Kier molecular flexibility index (Phi) is 5.23. The highest BCUT2D eigenvalue weighted by molar-refractivity contribution is 5.15. The standard InChI is InChI=1S/C8H14O/c1-3-4-5-8(2)6-7-9/h4-6,9H,3,7H2,1-2H3/b5-4-,8-6+. The van der Waals surface area contributed by atoms with E-state index < -0.39 is 0 Å². The highest BCUT2D eigenvalue weighted by Crippen LogP contribution is 1.94. The summed E-state index contributed by atoms with van der Waals surface area (Å²) in [5.41, 5.74) is 1.12. The fourth-order valence-corrected chi connectivity index (χ4v) is 0.516. The molecule has 0 aliphatic carbocycles. The zero-order valence-corrected chi connectivity index (χ0v) is 6.09. The molecule has 1 N–H and O–H groups in total. The van der Waals surface area contributed by atoms with Gasteiger partial charge < -0.3 is 5.11 Å². The third-order valence-electron chi connectivity index (χ3n) is 1.03. The quantitative estimate of drug-likeness (QED) is 0.572. The highest BCUT2D eigenvalue weighted by Gasteiger charge is 1.76. The molecule has 0 unspecified atom stereocenters. The van der Waals surface area contributed by atoms with Crippen LogP contribution in [-0.2, 0) is 0 Å². The van der Waals surface area contributed by atoms with Crippen LogP contribution < -0.4 is 0 Å². The molecule has 0 spiro atoms. The molecule has 0 aromatic carbocycles. The molecule has 0 aliphatic rings. The molecule has 52 valence electrons. The van der Waals surface area contributed by atoms with Crippen LogP contribution in [-0.4, -0.2) is 11.7 Å². The predicted molar refractivity (Wildman–Crippen MR) is 40.3 cm³/mol. The summed E-state index contributed by atoms with van der Waals surface area (Å²) >= 11 is 0. The molecule has 9 heavy (non-hydrogen) atoms. The molecule has 0 rings (SSSR count). The van der Waals surface area contributed by atoms with Gasteiger partial charge in [0.25, 0.3) is 0 Å². The summed E-state index contributed by atoms with van der Waals surface area (Å²) in [6, 6.07) is 0. The third kappa shape index (κ3) is 5.31. The van der Waals surface area contributed by atoms with Gasteiger partial charge in [-0.15, -0.1) is 0 Å². The summed E-state index contributed by atoms with van der Waals surface area (Å²) in [7, 11) is 0.